The molecule has 0 bridgehead atoms. The van der Waals surface area contributed by atoms with E-state index >= 15 is 0 Å². The third kappa shape index (κ3) is 2.87. The van der Waals surface area contributed by atoms with E-state index in [9.17, 15) is 4.79 Å². The molecule has 4 heteroatoms. The maximum Gasteiger partial charge on any atom is 0.243 e. The van der Waals surface area contributed by atoms with Crippen molar-refractivity contribution in [1.29, 1.82) is 0 Å². The van der Waals surface area contributed by atoms with E-state index in [1.807, 2.05) is 36.1 Å². The van der Waals surface area contributed by atoms with Gasteiger partial charge in [-0.25, -0.2) is 0 Å². The molecule has 1 amide bonds. The van der Waals surface area contributed by atoms with Crippen LogP contribution in [0.25, 0.3) is 0 Å². The Kier molecular flexibility index (Phi) is 3.84. The van der Waals surface area contributed by atoms with E-state index in [2.05, 4.69) is 28.2 Å². The van der Waals surface area contributed by atoms with Gasteiger partial charge in [-0.3, -0.25) is 4.79 Å². The Hall–Kier alpha value is -0.870. The fourth-order valence-corrected chi connectivity index (χ4v) is 2.28. The summed E-state index contributed by atoms with van der Waals surface area (Å²) >= 11 is 3.41. The molecular formula is C13H17BrN2O. The predicted octanol–water partition coefficient (Wildman–Crippen LogP) is 2.41. The highest BCUT2D eigenvalue weighted by Crippen LogP contribution is 2.21. The Labute approximate surface area is 110 Å². The van der Waals surface area contributed by atoms with Gasteiger partial charge in [0.15, 0.2) is 0 Å². The second kappa shape index (κ2) is 5.19. The Morgan fingerprint density at radius 1 is 1.29 bits per heavy atom. The van der Waals surface area contributed by atoms with Gasteiger partial charge >= 0.3 is 0 Å². The minimum Gasteiger partial charge on any atom is -0.311 e. The van der Waals surface area contributed by atoms with Crippen molar-refractivity contribution in [3.8, 4) is 0 Å². The summed E-state index contributed by atoms with van der Waals surface area (Å²) in [5.41, 5.74) is 0.973. The lowest BCUT2D eigenvalue weighted by atomic mass is 10.1. The zero-order valence-corrected chi connectivity index (χ0v) is 11.7. The van der Waals surface area contributed by atoms with Crippen molar-refractivity contribution in [2.24, 2.45) is 5.92 Å². The molecule has 1 aliphatic heterocycles. The molecular weight excluding hydrogens is 280 g/mol. The van der Waals surface area contributed by atoms with Crippen LogP contribution in [0.15, 0.2) is 28.7 Å². The Morgan fingerprint density at radius 2 is 1.94 bits per heavy atom. The monoisotopic (exact) mass is 296 g/mol. The quantitative estimate of drug-likeness (QED) is 0.863. The second-order valence-corrected chi connectivity index (χ2v) is 5.58. The van der Waals surface area contributed by atoms with Crippen molar-refractivity contribution in [2.45, 2.75) is 19.9 Å². The van der Waals surface area contributed by atoms with Gasteiger partial charge in [0, 0.05) is 23.2 Å². The Bertz CT molecular complexity index is 404. The highest BCUT2D eigenvalue weighted by Gasteiger charge is 2.26. The fraction of sp³-hybridized carbons (Fsp3) is 0.462. The zero-order valence-electron chi connectivity index (χ0n) is 10.1. The van der Waals surface area contributed by atoms with E-state index < -0.39 is 0 Å². The van der Waals surface area contributed by atoms with Crippen molar-refractivity contribution in [3.05, 3.63) is 28.7 Å². The van der Waals surface area contributed by atoms with Crippen LogP contribution in [0.4, 0.5) is 5.69 Å². The van der Waals surface area contributed by atoms with Crippen molar-refractivity contribution in [1.82, 2.24) is 5.32 Å². The number of nitrogens with zero attached hydrogens (tertiary/aromatic N) is 1. The lowest BCUT2D eigenvalue weighted by Gasteiger charge is -2.24. The van der Waals surface area contributed by atoms with Crippen molar-refractivity contribution in [3.63, 3.8) is 0 Å². The van der Waals surface area contributed by atoms with Gasteiger partial charge in [0.1, 0.15) is 0 Å². The van der Waals surface area contributed by atoms with Crippen LogP contribution >= 0.6 is 15.9 Å². The third-order valence-electron chi connectivity index (χ3n) is 3.04. The first-order valence-electron chi connectivity index (χ1n) is 5.88. The van der Waals surface area contributed by atoms with Crippen LogP contribution in [0.1, 0.15) is 13.8 Å². The highest BCUT2D eigenvalue weighted by molar-refractivity contribution is 9.10. The summed E-state index contributed by atoms with van der Waals surface area (Å²) in [5.74, 6) is 0.615. The summed E-state index contributed by atoms with van der Waals surface area (Å²) in [6.45, 7) is 5.74. The maximum absolute atomic E-state index is 12.2. The molecule has 1 saturated heterocycles. The van der Waals surface area contributed by atoms with Gasteiger partial charge in [-0.1, -0.05) is 22.9 Å². The molecule has 3 nitrogen and oxygen atoms in total. The summed E-state index contributed by atoms with van der Waals surface area (Å²) in [7, 11) is 0. The van der Waals surface area contributed by atoms with Crippen molar-refractivity contribution in [2.75, 3.05) is 18.0 Å². The van der Waals surface area contributed by atoms with Crippen LogP contribution < -0.4 is 10.2 Å². The van der Waals surface area contributed by atoms with Crippen LogP contribution in [-0.4, -0.2) is 25.0 Å². The molecule has 1 aromatic rings. The van der Waals surface area contributed by atoms with Crippen molar-refractivity contribution >= 4 is 27.5 Å². The van der Waals surface area contributed by atoms with Gasteiger partial charge in [0.25, 0.3) is 0 Å². The first-order valence-corrected chi connectivity index (χ1v) is 6.67. The molecule has 0 radical (unpaired) electrons. The van der Waals surface area contributed by atoms with Gasteiger partial charge in [0.2, 0.25) is 5.91 Å². The average molecular weight is 297 g/mol. The van der Waals surface area contributed by atoms with E-state index in [4.69, 9.17) is 0 Å². The zero-order chi connectivity index (χ0) is 12.4. The topological polar surface area (TPSA) is 32.3 Å². The molecule has 0 saturated carbocycles. The lowest BCUT2D eigenvalue weighted by molar-refractivity contribution is -0.119. The molecule has 1 fully saturated rings. The molecule has 1 aliphatic rings. The maximum atomic E-state index is 12.2. The van der Waals surface area contributed by atoms with Gasteiger partial charge < -0.3 is 10.2 Å². The van der Waals surface area contributed by atoms with Crippen LogP contribution in [0.2, 0.25) is 0 Å². The van der Waals surface area contributed by atoms with Gasteiger partial charge in [-0.05, 0) is 37.1 Å². The standard InChI is InChI=1S/C13H17BrN2O/c1-9-7-15-10(2)13(17)16(8-9)12-5-3-11(14)4-6-12/h3-6,9-10,15H,7-8H2,1-2H3. The van der Waals surface area contributed by atoms with E-state index in [1.54, 1.807) is 0 Å². The summed E-state index contributed by atoms with van der Waals surface area (Å²) in [6.07, 6.45) is 0. The number of anilines is 1. The van der Waals surface area contributed by atoms with Crippen LogP contribution in [-0.2, 0) is 4.79 Å². The molecule has 1 N–H and O–H groups in total. The summed E-state index contributed by atoms with van der Waals surface area (Å²) < 4.78 is 1.03. The minimum absolute atomic E-state index is 0.108. The first-order chi connectivity index (χ1) is 8.08. The van der Waals surface area contributed by atoms with E-state index in [-0.39, 0.29) is 11.9 Å². The number of carbonyl (C=O) groups excluding carboxylic acids is 1. The molecule has 1 aromatic carbocycles. The van der Waals surface area contributed by atoms with Crippen LogP contribution in [0.3, 0.4) is 0 Å². The summed E-state index contributed by atoms with van der Waals surface area (Å²) in [4.78, 5) is 14.1. The predicted molar refractivity (Wildman–Crippen MR) is 73.1 cm³/mol. The molecule has 17 heavy (non-hydrogen) atoms. The number of carbonyl (C=O) groups is 1. The molecule has 2 atom stereocenters. The number of halogens is 1. The number of benzene rings is 1. The van der Waals surface area contributed by atoms with E-state index in [0.29, 0.717) is 5.92 Å². The molecule has 2 rings (SSSR count). The number of rotatable bonds is 1. The van der Waals surface area contributed by atoms with Gasteiger partial charge in [-0.2, -0.15) is 0 Å². The highest BCUT2D eigenvalue weighted by atomic mass is 79.9. The summed E-state index contributed by atoms with van der Waals surface area (Å²) in [5, 5.41) is 3.25. The molecule has 1 heterocycles. The molecule has 92 valence electrons. The summed E-state index contributed by atoms with van der Waals surface area (Å²) in [6, 6.07) is 7.79. The SMILES string of the molecule is CC1CNC(C)C(=O)N(c2ccc(Br)cc2)C1. The molecule has 0 aromatic heterocycles. The van der Waals surface area contributed by atoms with Crippen LogP contribution in [0.5, 0.6) is 0 Å². The van der Waals surface area contributed by atoms with Gasteiger partial charge in [-0.15, -0.1) is 0 Å². The second-order valence-electron chi connectivity index (χ2n) is 4.66. The largest absolute Gasteiger partial charge is 0.311 e. The first kappa shape index (κ1) is 12.6. The van der Waals surface area contributed by atoms with Crippen LogP contribution in [0, 0.1) is 5.92 Å². The van der Waals surface area contributed by atoms with Gasteiger partial charge in [0.05, 0.1) is 6.04 Å². The minimum atomic E-state index is -0.108. The number of nitrogens with one attached hydrogen (secondary N) is 1. The molecule has 0 aliphatic carbocycles. The number of hydrogen-bond donors (Lipinski definition) is 1. The van der Waals surface area contributed by atoms with E-state index in [0.717, 1.165) is 23.2 Å². The third-order valence-corrected chi connectivity index (χ3v) is 3.57. The molecule has 2 unspecified atom stereocenters. The average Bonchev–Trinajstić information content (AvgIpc) is 2.44. The Balaban J connectivity index is 2.27. The van der Waals surface area contributed by atoms with E-state index in [1.165, 1.54) is 0 Å². The molecule has 0 spiro atoms. The number of amides is 1. The Morgan fingerprint density at radius 3 is 2.59 bits per heavy atom. The fourth-order valence-electron chi connectivity index (χ4n) is 2.02. The number of hydrogen-bond acceptors (Lipinski definition) is 2. The van der Waals surface area contributed by atoms with Crippen molar-refractivity contribution < 1.29 is 4.79 Å². The normalized spacial score (nSPS) is 25.8. The lowest BCUT2D eigenvalue weighted by Crippen LogP contribution is -2.41. The smallest absolute Gasteiger partial charge is 0.243 e.